The van der Waals surface area contributed by atoms with Gasteiger partial charge in [-0.3, -0.25) is 0 Å². The minimum atomic E-state index is -0.497. The number of fused-ring (bicyclic) bond motifs is 1. The lowest BCUT2D eigenvalue weighted by atomic mass is 9.93. The second-order valence-electron chi connectivity index (χ2n) is 5.21. The van der Waals surface area contributed by atoms with Crippen LogP contribution < -0.4 is 5.32 Å². The van der Waals surface area contributed by atoms with Crippen LogP contribution in [0, 0.1) is 5.82 Å². The summed E-state index contributed by atoms with van der Waals surface area (Å²) in [5.74, 6) is -0.0764. The number of anilines is 1. The second-order valence-corrected chi connectivity index (χ2v) is 5.56. The fraction of sp³-hybridized carbons (Fsp3) is 0.500. The van der Waals surface area contributed by atoms with Gasteiger partial charge in [0.05, 0.1) is 17.7 Å². The highest BCUT2D eigenvalue weighted by atomic mass is 35.5. The first kappa shape index (κ1) is 14.4. The molecule has 0 atom stereocenters. The van der Waals surface area contributed by atoms with Crippen LogP contribution in [0.25, 0.3) is 10.9 Å². The molecule has 0 spiro atoms. The van der Waals surface area contributed by atoms with E-state index in [4.69, 9.17) is 16.3 Å². The highest BCUT2D eigenvalue weighted by Crippen LogP contribution is 2.25. The zero-order valence-electron chi connectivity index (χ0n) is 11.6. The lowest BCUT2D eigenvalue weighted by molar-refractivity contribution is 0.0681. The Hall–Kier alpha value is -1.53. The van der Waals surface area contributed by atoms with Gasteiger partial charge in [-0.05, 0) is 25.7 Å². The molecule has 0 radical (unpaired) electrons. The van der Waals surface area contributed by atoms with E-state index in [1.54, 1.807) is 7.11 Å². The summed E-state index contributed by atoms with van der Waals surface area (Å²) in [5.41, 5.74) is 0.193. The first-order valence-corrected chi connectivity index (χ1v) is 7.31. The van der Waals surface area contributed by atoms with Crippen LogP contribution in [0.2, 0.25) is 5.15 Å². The third-order valence-electron chi connectivity index (χ3n) is 3.87. The van der Waals surface area contributed by atoms with Crippen molar-refractivity contribution in [2.24, 2.45) is 0 Å². The minimum Gasteiger partial charge on any atom is -0.381 e. The molecule has 21 heavy (non-hydrogen) atoms. The molecule has 112 valence electrons. The van der Waals surface area contributed by atoms with Gasteiger partial charge in [-0.25, -0.2) is 19.3 Å². The van der Waals surface area contributed by atoms with Gasteiger partial charge < -0.3 is 10.1 Å². The Morgan fingerprint density at radius 2 is 2.00 bits per heavy atom. The number of methoxy groups -OCH3 is 1. The SMILES string of the molecule is COC1CCC(Nc2ncc3c(Cl)ncc(F)c3n2)CC1. The molecule has 2 aromatic heterocycles. The van der Waals surface area contributed by atoms with Crippen molar-refractivity contribution in [1.82, 2.24) is 15.0 Å². The number of hydrogen-bond acceptors (Lipinski definition) is 5. The highest BCUT2D eigenvalue weighted by Gasteiger charge is 2.21. The minimum absolute atomic E-state index is 0.193. The van der Waals surface area contributed by atoms with Crippen LogP contribution in [0.4, 0.5) is 10.3 Å². The maximum atomic E-state index is 13.8. The van der Waals surface area contributed by atoms with Crippen molar-refractivity contribution in [3.63, 3.8) is 0 Å². The summed E-state index contributed by atoms with van der Waals surface area (Å²) in [4.78, 5) is 12.2. The third kappa shape index (κ3) is 3.06. The first-order chi connectivity index (χ1) is 10.2. The van der Waals surface area contributed by atoms with Crippen LogP contribution >= 0.6 is 11.6 Å². The van der Waals surface area contributed by atoms with Crippen molar-refractivity contribution in [2.45, 2.75) is 37.8 Å². The van der Waals surface area contributed by atoms with Crippen molar-refractivity contribution < 1.29 is 9.13 Å². The topological polar surface area (TPSA) is 59.9 Å². The van der Waals surface area contributed by atoms with Crippen LogP contribution in [0.5, 0.6) is 0 Å². The second kappa shape index (κ2) is 6.07. The van der Waals surface area contributed by atoms with E-state index in [0.29, 0.717) is 17.4 Å². The molecule has 0 amide bonds. The van der Waals surface area contributed by atoms with E-state index in [1.807, 2.05) is 0 Å². The smallest absolute Gasteiger partial charge is 0.223 e. The number of nitrogens with zero attached hydrogens (tertiary/aromatic N) is 3. The van der Waals surface area contributed by atoms with Crippen molar-refractivity contribution in [3.8, 4) is 0 Å². The Kier molecular flexibility index (Phi) is 4.17. The summed E-state index contributed by atoms with van der Waals surface area (Å²) < 4.78 is 19.1. The molecule has 0 bridgehead atoms. The third-order valence-corrected chi connectivity index (χ3v) is 4.17. The summed E-state index contributed by atoms with van der Waals surface area (Å²) in [6, 6.07) is 0.286. The van der Waals surface area contributed by atoms with Gasteiger partial charge in [-0.15, -0.1) is 0 Å². The van der Waals surface area contributed by atoms with E-state index in [1.165, 1.54) is 6.20 Å². The van der Waals surface area contributed by atoms with Gasteiger partial charge in [-0.1, -0.05) is 11.6 Å². The van der Waals surface area contributed by atoms with Crippen molar-refractivity contribution in [2.75, 3.05) is 12.4 Å². The maximum Gasteiger partial charge on any atom is 0.223 e. The number of pyridine rings is 1. The average Bonchev–Trinajstić information content (AvgIpc) is 2.52. The quantitative estimate of drug-likeness (QED) is 0.882. The molecule has 1 saturated carbocycles. The Balaban J connectivity index is 1.78. The standard InChI is InChI=1S/C14H16ClFN4O/c1-21-9-4-2-8(3-5-9)19-14-18-6-10-12(20-14)11(16)7-17-13(10)15/h6-9H,2-5H2,1H3,(H,18,19,20). The van der Waals surface area contributed by atoms with E-state index >= 15 is 0 Å². The van der Waals surface area contributed by atoms with E-state index in [-0.39, 0.29) is 16.7 Å². The van der Waals surface area contributed by atoms with E-state index in [2.05, 4.69) is 20.3 Å². The van der Waals surface area contributed by atoms with Crippen molar-refractivity contribution in [3.05, 3.63) is 23.4 Å². The molecular formula is C14H16ClFN4O. The highest BCUT2D eigenvalue weighted by molar-refractivity contribution is 6.34. The molecule has 0 aromatic carbocycles. The van der Waals surface area contributed by atoms with Gasteiger partial charge in [0.15, 0.2) is 5.82 Å². The molecule has 7 heteroatoms. The zero-order chi connectivity index (χ0) is 14.8. The molecule has 0 unspecified atom stereocenters. The predicted molar refractivity (Wildman–Crippen MR) is 79.0 cm³/mol. The fourth-order valence-corrected chi connectivity index (χ4v) is 2.84. The van der Waals surface area contributed by atoms with Gasteiger partial charge in [0.2, 0.25) is 5.95 Å². The number of halogens is 2. The largest absolute Gasteiger partial charge is 0.381 e. The van der Waals surface area contributed by atoms with E-state index in [0.717, 1.165) is 31.9 Å². The lowest BCUT2D eigenvalue weighted by Gasteiger charge is -2.28. The summed E-state index contributed by atoms with van der Waals surface area (Å²) in [5, 5.41) is 3.88. The number of aromatic nitrogens is 3. The van der Waals surface area contributed by atoms with Crippen molar-refractivity contribution in [1.29, 1.82) is 0 Å². The van der Waals surface area contributed by atoms with E-state index < -0.39 is 5.82 Å². The average molecular weight is 311 g/mol. The van der Waals surface area contributed by atoms with Crippen LogP contribution in [0.1, 0.15) is 25.7 Å². The van der Waals surface area contributed by atoms with Crippen LogP contribution in [0.15, 0.2) is 12.4 Å². The first-order valence-electron chi connectivity index (χ1n) is 6.93. The van der Waals surface area contributed by atoms with Crippen molar-refractivity contribution >= 4 is 28.5 Å². The van der Waals surface area contributed by atoms with Gasteiger partial charge in [0.25, 0.3) is 0 Å². The molecule has 1 aliphatic carbocycles. The number of nitrogens with one attached hydrogen (secondary N) is 1. The van der Waals surface area contributed by atoms with E-state index in [9.17, 15) is 4.39 Å². The normalized spacial score (nSPS) is 22.4. The van der Waals surface area contributed by atoms with Crippen LogP contribution in [-0.2, 0) is 4.74 Å². The van der Waals surface area contributed by atoms with Gasteiger partial charge >= 0.3 is 0 Å². The number of hydrogen-bond donors (Lipinski definition) is 1. The monoisotopic (exact) mass is 310 g/mol. The van der Waals surface area contributed by atoms with Gasteiger partial charge in [0, 0.05) is 19.3 Å². The Morgan fingerprint density at radius 3 is 2.71 bits per heavy atom. The van der Waals surface area contributed by atoms with Gasteiger partial charge in [-0.2, -0.15) is 0 Å². The Bertz CT molecular complexity index is 646. The number of rotatable bonds is 3. The Labute approximate surface area is 126 Å². The summed E-state index contributed by atoms with van der Waals surface area (Å²) in [6.07, 6.45) is 6.90. The Morgan fingerprint density at radius 1 is 1.24 bits per heavy atom. The fourth-order valence-electron chi connectivity index (χ4n) is 2.65. The molecule has 1 aliphatic rings. The molecule has 2 heterocycles. The maximum absolute atomic E-state index is 13.8. The molecule has 0 aliphatic heterocycles. The molecule has 1 fully saturated rings. The molecule has 1 N–H and O–H groups in total. The zero-order valence-corrected chi connectivity index (χ0v) is 12.4. The summed E-state index contributed by atoms with van der Waals surface area (Å²) in [6.45, 7) is 0. The molecule has 5 nitrogen and oxygen atoms in total. The number of ether oxygens (including phenoxy) is 1. The van der Waals surface area contributed by atoms with Crippen LogP contribution in [-0.4, -0.2) is 34.2 Å². The summed E-state index contributed by atoms with van der Waals surface area (Å²) >= 11 is 5.91. The molecular weight excluding hydrogens is 295 g/mol. The van der Waals surface area contributed by atoms with Crippen LogP contribution in [0.3, 0.4) is 0 Å². The van der Waals surface area contributed by atoms with Gasteiger partial charge in [0.1, 0.15) is 10.7 Å². The predicted octanol–water partition coefficient (Wildman–Crippen LogP) is 3.19. The lowest BCUT2D eigenvalue weighted by Crippen LogP contribution is -2.29. The molecule has 2 aromatic rings. The summed E-state index contributed by atoms with van der Waals surface area (Å²) in [7, 11) is 1.74. The molecule has 3 rings (SSSR count). The molecule has 0 saturated heterocycles.